The largest absolute Gasteiger partial charge is 0.342 e. The highest BCUT2D eigenvalue weighted by Gasteiger charge is 2.26. The van der Waals surface area contributed by atoms with Gasteiger partial charge in [0.25, 0.3) is 0 Å². The molecule has 4 rings (SSSR count). The van der Waals surface area contributed by atoms with Crippen molar-refractivity contribution in [2.24, 2.45) is 5.92 Å². The summed E-state index contributed by atoms with van der Waals surface area (Å²) < 4.78 is 2.09. The molecule has 2 aliphatic rings. The monoisotopic (exact) mass is 326 g/mol. The number of likely N-dealkylation sites (tertiary alicyclic amines) is 1. The van der Waals surface area contributed by atoms with Crippen LogP contribution in [-0.4, -0.2) is 46.3 Å². The fourth-order valence-corrected chi connectivity index (χ4v) is 4.11. The molecule has 1 aliphatic carbocycles. The number of aromatic nitrogens is 2. The molecule has 2 atom stereocenters. The summed E-state index contributed by atoms with van der Waals surface area (Å²) in [7, 11) is 0. The summed E-state index contributed by atoms with van der Waals surface area (Å²) in [6, 6.07) is 8.75. The van der Waals surface area contributed by atoms with Gasteiger partial charge in [-0.05, 0) is 44.1 Å². The van der Waals surface area contributed by atoms with Crippen molar-refractivity contribution in [3.05, 3.63) is 30.5 Å². The number of fused-ring (bicyclic) bond motifs is 1. The van der Waals surface area contributed by atoms with Crippen LogP contribution in [0.4, 0.5) is 0 Å². The normalized spacial score (nSPS) is 24.1. The maximum atomic E-state index is 12.1. The van der Waals surface area contributed by atoms with Crippen LogP contribution >= 0.6 is 0 Å². The Kier molecular flexibility index (Phi) is 4.52. The van der Waals surface area contributed by atoms with Crippen LogP contribution in [0, 0.1) is 5.92 Å². The molecule has 1 saturated heterocycles. The first kappa shape index (κ1) is 15.6. The highest BCUT2D eigenvalue weighted by Crippen LogP contribution is 2.27. The van der Waals surface area contributed by atoms with Crippen molar-refractivity contribution in [2.45, 2.75) is 44.7 Å². The second-order valence-corrected chi connectivity index (χ2v) is 7.25. The number of rotatable bonds is 5. The smallest absolute Gasteiger partial charge is 0.236 e. The molecule has 2 heterocycles. The zero-order valence-corrected chi connectivity index (χ0v) is 14.2. The summed E-state index contributed by atoms with van der Waals surface area (Å²) in [6.07, 6.45) is 7.99. The number of benzene rings is 1. The SMILES string of the molecule is O=C(CN[C@H]1CC[C@H](Cn2cc3ccccc3n2)C1)N1CCCC1. The van der Waals surface area contributed by atoms with Gasteiger partial charge < -0.3 is 10.2 Å². The third-order valence-electron chi connectivity index (χ3n) is 5.45. The van der Waals surface area contributed by atoms with Crippen molar-refractivity contribution < 1.29 is 4.79 Å². The van der Waals surface area contributed by atoms with E-state index in [2.05, 4.69) is 39.5 Å². The molecule has 24 heavy (non-hydrogen) atoms. The zero-order valence-electron chi connectivity index (χ0n) is 14.2. The number of hydrogen-bond acceptors (Lipinski definition) is 3. The van der Waals surface area contributed by atoms with Gasteiger partial charge in [0.2, 0.25) is 5.91 Å². The molecule has 1 N–H and O–H groups in total. The maximum absolute atomic E-state index is 12.1. The Morgan fingerprint density at radius 3 is 2.88 bits per heavy atom. The van der Waals surface area contributed by atoms with Crippen molar-refractivity contribution in [3.63, 3.8) is 0 Å². The average molecular weight is 326 g/mol. The van der Waals surface area contributed by atoms with Crippen LogP contribution in [0.25, 0.3) is 10.9 Å². The van der Waals surface area contributed by atoms with Crippen LogP contribution in [0.5, 0.6) is 0 Å². The molecule has 1 saturated carbocycles. The molecule has 1 aromatic heterocycles. The molecule has 1 aromatic carbocycles. The molecular weight excluding hydrogens is 300 g/mol. The van der Waals surface area contributed by atoms with Crippen molar-refractivity contribution in [1.82, 2.24) is 20.0 Å². The summed E-state index contributed by atoms with van der Waals surface area (Å²) in [4.78, 5) is 14.1. The summed E-state index contributed by atoms with van der Waals surface area (Å²) in [6.45, 7) is 3.37. The van der Waals surface area contributed by atoms with E-state index in [4.69, 9.17) is 0 Å². The first-order valence-electron chi connectivity index (χ1n) is 9.21. The molecule has 1 amide bonds. The van der Waals surface area contributed by atoms with Crippen molar-refractivity contribution >= 4 is 16.8 Å². The standard InChI is InChI=1S/C19H26N4O/c24-19(22-9-3-4-10-22)12-20-17-8-7-15(11-17)13-23-14-16-5-1-2-6-18(16)21-23/h1-2,5-6,14-15,17,20H,3-4,7-13H2/t15-,17-/m0/s1. The average Bonchev–Trinajstić information content (AvgIpc) is 3.33. The molecule has 2 aromatic rings. The van der Waals surface area contributed by atoms with E-state index in [9.17, 15) is 4.79 Å². The number of nitrogens with zero attached hydrogens (tertiary/aromatic N) is 3. The van der Waals surface area contributed by atoms with Gasteiger partial charge in [-0.1, -0.05) is 18.2 Å². The van der Waals surface area contributed by atoms with Crippen LogP contribution in [0.1, 0.15) is 32.1 Å². The Balaban J connectivity index is 1.26. The van der Waals surface area contributed by atoms with E-state index >= 15 is 0 Å². The molecule has 2 fully saturated rings. The van der Waals surface area contributed by atoms with E-state index in [0.717, 1.165) is 44.4 Å². The van der Waals surface area contributed by atoms with Crippen molar-refractivity contribution in [1.29, 1.82) is 0 Å². The minimum absolute atomic E-state index is 0.272. The molecule has 0 spiro atoms. The van der Waals surface area contributed by atoms with E-state index in [-0.39, 0.29) is 5.91 Å². The highest BCUT2D eigenvalue weighted by molar-refractivity contribution is 5.78. The number of carbonyl (C=O) groups is 1. The van der Waals surface area contributed by atoms with Crippen LogP contribution in [0.3, 0.4) is 0 Å². The minimum atomic E-state index is 0.272. The van der Waals surface area contributed by atoms with Crippen LogP contribution in [-0.2, 0) is 11.3 Å². The lowest BCUT2D eigenvalue weighted by atomic mass is 10.1. The topological polar surface area (TPSA) is 50.2 Å². The van der Waals surface area contributed by atoms with Crippen molar-refractivity contribution in [3.8, 4) is 0 Å². The second-order valence-electron chi connectivity index (χ2n) is 7.25. The first-order chi connectivity index (χ1) is 11.8. The third kappa shape index (κ3) is 3.46. The zero-order chi connectivity index (χ0) is 16.4. The Morgan fingerprint density at radius 1 is 1.21 bits per heavy atom. The molecule has 1 aliphatic heterocycles. The van der Waals surface area contributed by atoms with Crippen LogP contribution < -0.4 is 5.32 Å². The van der Waals surface area contributed by atoms with Gasteiger partial charge in [-0.15, -0.1) is 0 Å². The fourth-order valence-electron chi connectivity index (χ4n) is 4.11. The van der Waals surface area contributed by atoms with E-state index < -0.39 is 0 Å². The molecule has 0 radical (unpaired) electrons. The Morgan fingerprint density at radius 2 is 2.04 bits per heavy atom. The van der Waals surface area contributed by atoms with Crippen LogP contribution in [0.15, 0.2) is 30.5 Å². The first-order valence-corrected chi connectivity index (χ1v) is 9.21. The Bertz CT molecular complexity index is 671. The summed E-state index contributed by atoms with van der Waals surface area (Å²) in [5, 5.41) is 9.35. The van der Waals surface area contributed by atoms with Gasteiger partial charge in [0.05, 0.1) is 12.1 Å². The minimum Gasteiger partial charge on any atom is -0.342 e. The lowest BCUT2D eigenvalue weighted by molar-refractivity contribution is -0.129. The summed E-state index contributed by atoms with van der Waals surface area (Å²) >= 11 is 0. The molecule has 5 nitrogen and oxygen atoms in total. The number of hydrogen-bond donors (Lipinski definition) is 1. The maximum Gasteiger partial charge on any atom is 0.236 e. The van der Waals surface area contributed by atoms with Gasteiger partial charge in [-0.25, -0.2) is 0 Å². The van der Waals surface area contributed by atoms with Gasteiger partial charge in [0.15, 0.2) is 0 Å². The van der Waals surface area contributed by atoms with Gasteiger partial charge in [-0.3, -0.25) is 9.48 Å². The molecule has 0 unspecified atom stereocenters. The lowest BCUT2D eigenvalue weighted by Gasteiger charge is -2.18. The van der Waals surface area contributed by atoms with Gasteiger partial charge in [0.1, 0.15) is 0 Å². The van der Waals surface area contributed by atoms with Gasteiger partial charge >= 0.3 is 0 Å². The van der Waals surface area contributed by atoms with Gasteiger partial charge in [-0.2, -0.15) is 5.10 Å². The fraction of sp³-hybridized carbons (Fsp3) is 0.579. The lowest BCUT2D eigenvalue weighted by Crippen LogP contribution is -2.39. The Hall–Kier alpha value is -1.88. The third-order valence-corrected chi connectivity index (χ3v) is 5.45. The summed E-state index contributed by atoms with van der Waals surface area (Å²) in [5.74, 6) is 0.924. The van der Waals surface area contributed by atoms with Crippen molar-refractivity contribution in [2.75, 3.05) is 19.6 Å². The number of nitrogens with one attached hydrogen (secondary N) is 1. The predicted molar refractivity (Wildman–Crippen MR) is 94.7 cm³/mol. The molecule has 5 heteroatoms. The molecular formula is C19H26N4O. The van der Waals surface area contributed by atoms with Crippen LogP contribution in [0.2, 0.25) is 0 Å². The van der Waals surface area contributed by atoms with E-state index in [1.807, 2.05) is 11.0 Å². The van der Waals surface area contributed by atoms with Gasteiger partial charge in [0, 0.05) is 37.3 Å². The van der Waals surface area contributed by atoms with E-state index in [0.29, 0.717) is 18.5 Å². The number of amides is 1. The van der Waals surface area contributed by atoms with E-state index in [1.54, 1.807) is 0 Å². The van der Waals surface area contributed by atoms with E-state index in [1.165, 1.54) is 18.2 Å². The number of carbonyl (C=O) groups excluding carboxylic acids is 1. The predicted octanol–water partition coefficient (Wildman–Crippen LogP) is 2.42. The second kappa shape index (κ2) is 6.93. The quantitative estimate of drug-likeness (QED) is 0.918. The highest BCUT2D eigenvalue weighted by atomic mass is 16.2. The molecule has 128 valence electrons. The molecule has 0 bridgehead atoms. The Labute approximate surface area is 143 Å². The summed E-state index contributed by atoms with van der Waals surface area (Å²) in [5.41, 5.74) is 1.07.